The van der Waals surface area contributed by atoms with E-state index in [1.165, 1.54) is 10.8 Å². The van der Waals surface area contributed by atoms with Crippen LogP contribution in [-0.2, 0) is 11.3 Å². The number of aliphatic carboxylic acids is 1. The molecule has 8 nitrogen and oxygen atoms in total. The van der Waals surface area contributed by atoms with Gasteiger partial charge in [-0.05, 0) is 31.5 Å². The molecular weight excluding hydrogens is 441 g/mol. The molecule has 0 saturated carbocycles. The molecule has 0 aliphatic heterocycles. The Morgan fingerprint density at radius 1 is 1.32 bits per heavy atom. The van der Waals surface area contributed by atoms with E-state index < -0.39 is 23.6 Å². The van der Waals surface area contributed by atoms with Gasteiger partial charge in [0.25, 0.3) is 5.56 Å². The van der Waals surface area contributed by atoms with Gasteiger partial charge in [0.2, 0.25) is 0 Å². The van der Waals surface area contributed by atoms with Gasteiger partial charge in [-0.2, -0.15) is 0 Å². The molecule has 2 amide bonds. The second-order valence-corrected chi connectivity index (χ2v) is 6.85. The number of nitrogens with zero attached hydrogens (tertiary/aromatic N) is 1. The SMILES string of the molecule is CCn1cc(C)c(O)c(NC(=O)NC(CC(=O)O)c2cccc(Br)c2)c1=O.[NaH]. The van der Waals surface area contributed by atoms with Crippen LogP contribution in [0.1, 0.15) is 30.5 Å². The molecule has 4 N–H and O–H groups in total. The summed E-state index contributed by atoms with van der Waals surface area (Å²) in [5, 5.41) is 24.1. The molecule has 0 fully saturated rings. The van der Waals surface area contributed by atoms with Crippen LogP contribution in [0.4, 0.5) is 10.5 Å². The Morgan fingerprint density at radius 2 is 2.00 bits per heavy atom. The van der Waals surface area contributed by atoms with Gasteiger partial charge in [-0.15, -0.1) is 0 Å². The molecule has 10 heteroatoms. The third kappa shape index (κ3) is 6.10. The molecule has 0 saturated heterocycles. The van der Waals surface area contributed by atoms with E-state index in [1.807, 2.05) is 0 Å². The number of hydrogen-bond acceptors (Lipinski definition) is 4. The van der Waals surface area contributed by atoms with E-state index in [0.717, 1.165) is 4.47 Å². The van der Waals surface area contributed by atoms with Gasteiger partial charge in [0.15, 0.2) is 5.69 Å². The van der Waals surface area contributed by atoms with Crippen molar-refractivity contribution >= 4 is 63.2 Å². The van der Waals surface area contributed by atoms with Crippen molar-refractivity contribution in [2.75, 3.05) is 5.32 Å². The molecule has 2 rings (SSSR count). The molecule has 1 aromatic heterocycles. The number of amides is 2. The van der Waals surface area contributed by atoms with E-state index >= 15 is 0 Å². The Balaban J connectivity index is 0.00000392. The standard InChI is InChI=1S/C18H20BrN3O5.Na.H/c1-3-22-9-10(2)16(25)15(17(22)26)21-18(27)20-13(8-14(23)24)11-5-4-6-12(19)7-11;;/h4-7,9,13,25H,3,8H2,1-2H3,(H,23,24)(H2,20,21,27);;. The van der Waals surface area contributed by atoms with Crippen molar-refractivity contribution in [2.24, 2.45) is 0 Å². The second-order valence-electron chi connectivity index (χ2n) is 5.93. The zero-order valence-electron chi connectivity index (χ0n) is 14.8. The molecule has 1 aromatic carbocycles. The van der Waals surface area contributed by atoms with Gasteiger partial charge in [-0.1, -0.05) is 28.1 Å². The predicted octanol–water partition coefficient (Wildman–Crippen LogP) is 2.33. The maximum atomic E-state index is 12.4. The number of benzene rings is 1. The number of pyridine rings is 1. The first-order valence-electron chi connectivity index (χ1n) is 8.20. The van der Waals surface area contributed by atoms with Crippen molar-refractivity contribution in [3.63, 3.8) is 0 Å². The number of nitrogens with one attached hydrogen (secondary N) is 2. The number of hydrogen-bond donors (Lipinski definition) is 4. The van der Waals surface area contributed by atoms with Crippen molar-refractivity contribution in [3.8, 4) is 5.75 Å². The number of carbonyl (C=O) groups is 2. The van der Waals surface area contributed by atoms with Crippen LogP contribution in [0.2, 0.25) is 0 Å². The van der Waals surface area contributed by atoms with Crippen LogP contribution in [0, 0.1) is 6.92 Å². The van der Waals surface area contributed by atoms with E-state index in [0.29, 0.717) is 17.7 Å². The summed E-state index contributed by atoms with van der Waals surface area (Å²) in [5.74, 6) is -1.41. The van der Waals surface area contributed by atoms with Crippen LogP contribution >= 0.6 is 15.9 Å². The van der Waals surface area contributed by atoms with E-state index in [4.69, 9.17) is 5.11 Å². The zero-order chi connectivity index (χ0) is 20.1. The third-order valence-corrected chi connectivity index (χ3v) is 4.44. The number of halogens is 1. The fraction of sp³-hybridized carbons (Fsp3) is 0.278. The average Bonchev–Trinajstić information content (AvgIpc) is 2.61. The van der Waals surface area contributed by atoms with E-state index in [2.05, 4.69) is 26.6 Å². The predicted molar refractivity (Wildman–Crippen MR) is 111 cm³/mol. The fourth-order valence-corrected chi connectivity index (χ4v) is 3.02. The summed E-state index contributed by atoms with van der Waals surface area (Å²) in [6, 6.07) is 5.27. The molecule has 0 aliphatic rings. The number of carboxylic acid groups (broad SMARTS) is 1. The monoisotopic (exact) mass is 461 g/mol. The molecule has 146 valence electrons. The molecule has 1 heterocycles. The van der Waals surface area contributed by atoms with Gasteiger partial charge in [0, 0.05) is 22.8 Å². The molecule has 1 atom stereocenters. The molecule has 0 spiro atoms. The molecular formula is C18H21BrN3NaO5. The zero-order valence-corrected chi connectivity index (χ0v) is 16.4. The number of aryl methyl sites for hydroxylation is 2. The molecule has 28 heavy (non-hydrogen) atoms. The van der Waals surface area contributed by atoms with Gasteiger partial charge in [0.1, 0.15) is 5.75 Å². The van der Waals surface area contributed by atoms with Crippen molar-refractivity contribution in [1.29, 1.82) is 0 Å². The fourth-order valence-electron chi connectivity index (χ4n) is 2.60. The Morgan fingerprint density at radius 3 is 2.57 bits per heavy atom. The summed E-state index contributed by atoms with van der Waals surface area (Å²) in [7, 11) is 0. The molecule has 1 unspecified atom stereocenters. The summed E-state index contributed by atoms with van der Waals surface area (Å²) in [5.41, 5.74) is 0.216. The van der Waals surface area contributed by atoms with E-state index in [1.54, 1.807) is 38.1 Å². The number of carboxylic acids is 1. The van der Waals surface area contributed by atoms with Crippen LogP contribution in [0.15, 0.2) is 39.7 Å². The van der Waals surface area contributed by atoms with E-state index in [9.17, 15) is 19.5 Å². The van der Waals surface area contributed by atoms with Crippen LogP contribution < -0.4 is 16.2 Å². The maximum absolute atomic E-state index is 12.4. The van der Waals surface area contributed by atoms with Gasteiger partial charge >= 0.3 is 41.6 Å². The van der Waals surface area contributed by atoms with Crippen LogP contribution in [0.5, 0.6) is 5.75 Å². The van der Waals surface area contributed by atoms with Crippen molar-refractivity contribution in [3.05, 3.63) is 56.4 Å². The normalized spacial score (nSPS) is 11.2. The Bertz CT molecular complexity index is 932. The molecule has 2 aromatic rings. The van der Waals surface area contributed by atoms with Crippen molar-refractivity contribution in [2.45, 2.75) is 32.9 Å². The first-order valence-corrected chi connectivity index (χ1v) is 9.00. The number of aromatic hydroxyl groups is 1. The molecule has 0 bridgehead atoms. The second kappa shape index (κ2) is 10.7. The van der Waals surface area contributed by atoms with Crippen molar-refractivity contribution < 1.29 is 19.8 Å². The first-order chi connectivity index (χ1) is 12.7. The Hall–Kier alpha value is -1.81. The number of anilines is 1. The molecule has 0 aliphatic carbocycles. The topological polar surface area (TPSA) is 121 Å². The van der Waals surface area contributed by atoms with Crippen LogP contribution in [0.25, 0.3) is 0 Å². The summed E-state index contributed by atoms with van der Waals surface area (Å²) >= 11 is 3.31. The summed E-state index contributed by atoms with van der Waals surface area (Å²) in [6.45, 7) is 3.74. The van der Waals surface area contributed by atoms with Crippen molar-refractivity contribution in [1.82, 2.24) is 9.88 Å². The summed E-state index contributed by atoms with van der Waals surface area (Å²) in [4.78, 5) is 35.9. The van der Waals surface area contributed by atoms with Gasteiger partial charge in [-0.25, -0.2) is 4.79 Å². The number of rotatable bonds is 6. The molecule has 0 radical (unpaired) electrons. The van der Waals surface area contributed by atoms with Gasteiger partial charge < -0.3 is 25.4 Å². The quantitative estimate of drug-likeness (QED) is 0.492. The third-order valence-electron chi connectivity index (χ3n) is 3.95. The average molecular weight is 462 g/mol. The number of aromatic nitrogens is 1. The van der Waals surface area contributed by atoms with Crippen LogP contribution in [-0.4, -0.2) is 56.3 Å². The first kappa shape index (κ1) is 24.2. The summed E-state index contributed by atoms with van der Waals surface area (Å²) in [6.07, 6.45) is 1.15. The Labute approximate surface area is 192 Å². The number of carbonyl (C=O) groups excluding carboxylic acids is 1. The summed E-state index contributed by atoms with van der Waals surface area (Å²) < 4.78 is 2.09. The van der Waals surface area contributed by atoms with E-state index in [-0.39, 0.29) is 47.4 Å². The van der Waals surface area contributed by atoms with Gasteiger partial charge in [0.05, 0.1) is 12.5 Å². The van der Waals surface area contributed by atoms with Crippen LogP contribution in [0.3, 0.4) is 0 Å². The number of urea groups is 1. The minimum absolute atomic E-state index is 0. The Kier molecular flexibility index (Phi) is 9.22. The van der Waals surface area contributed by atoms with Gasteiger partial charge in [-0.3, -0.25) is 9.59 Å². The minimum atomic E-state index is -1.09.